The predicted octanol–water partition coefficient (Wildman–Crippen LogP) is 27.0. The van der Waals surface area contributed by atoms with Gasteiger partial charge in [0, 0.05) is 72.1 Å². The minimum absolute atomic E-state index is 0.120. The molecule has 6 heteroatoms. The molecule has 2 aliphatic rings. The van der Waals surface area contributed by atoms with E-state index >= 15 is 0 Å². The summed E-state index contributed by atoms with van der Waals surface area (Å²) in [6.45, 7) is 34.1. The lowest BCUT2D eigenvalue weighted by Gasteiger charge is -2.46. The highest BCUT2D eigenvalue weighted by Gasteiger charge is 2.47. The zero-order valence-corrected chi connectivity index (χ0v) is 65.6. The molecule has 0 bridgehead atoms. The van der Waals surface area contributed by atoms with Gasteiger partial charge < -0.3 is 23.4 Å². The smallest absolute Gasteiger partial charge is 0.252 e. The van der Waals surface area contributed by atoms with Gasteiger partial charge in [-0.15, -0.1) is 0 Å². The van der Waals surface area contributed by atoms with Crippen LogP contribution in [0.4, 0.5) is 34.1 Å². The Morgan fingerprint density at radius 2 is 0.700 bits per heavy atom. The molecular formula is C104H93BN4O. The third kappa shape index (κ3) is 11.1. The molecule has 0 spiro atoms. The minimum Gasteiger partial charge on any atom is -0.456 e. The number of furan rings is 1. The van der Waals surface area contributed by atoms with E-state index in [0.717, 1.165) is 144 Å². The van der Waals surface area contributed by atoms with Crippen LogP contribution in [-0.4, -0.2) is 15.8 Å². The Morgan fingerprint density at radius 1 is 0.291 bits per heavy atom. The van der Waals surface area contributed by atoms with Gasteiger partial charge in [-0.25, -0.2) is 0 Å². The third-order valence-corrected chi connectivity index (χ3v) is 23.5. The van der Waals surface area contributed by atoms with Crippen molar-refractivity contribution in [2.45, 2.75) is 131 Å². The Bertz CT molecular complexity index is 6700. The second-order valence-corrected chi connectivity index (χ2v) is 35.8. The largest absolute Gasteiger partial charge is 0.456 e. The molecule has 110 heavy (non-hydrogen) atoms. The van der Waals surface area contributed by atoms with E-state index in [1.165, 1.54) is 38.6 Å². The standard InChI is InChI=1S/C104H93BN4O/c1-100(2,3)69-41-49-86-80(55-69)81-56-70(101(4,5)6)42-50-87(81)106(86)74-45-48-85-91(61-74)108(98-78(66-34-24-18-25-35-66)59-73(104(13,14)15)60-79(98)67-36-26-19-27-37-67)92-62-75(107-88-51-43-71(102(7,8)9)57-82(88)83-58-72(103(10,11)12)44-52-89(83)107)63-93-97(92)105(85)84-47-40-68(64-30-20-16-21-31-64)54-90(84)109(93)99-76(65-32-22-17-23-33-65)46-53-95-96(99)77-38-28-29-39-94(77)110-95/h16-63H,1-15H3/i16D,20D,21D,30D,31D. The molecule has 0 amide bonds. The first kappa shape index (κ1) is 63.1. The molecule has 0 unspecified atom stereocenters. The highest BCUT2D eigenvalue weighted by atomic mass is 16.3. The lowest BCUT2D eigenvalue weighted by Crippen LogP contribution is -2.61. The summed E-state index contributed by atoms with van der Waals surface area (Å²) in [6.07, 6.45) is 0. The van der Waals surface area contributed by atoms with Crippen LogP contribution in [0.2, 0.25) is 0 Å². The average Bonchev–Trinajstić information content (AvgIpc) is 1.48. The summed E-state index contributed by atoms with van der Waals surface area (Å²) in [7, 11) is 0. The number of hydrogen-bond donors (Lipinski definition) is 0. The van der Waals surface area contributed by atoms with Gasteiger partial charge in [-0.2, -0.15) is 0 Å². The number of hydrogen-bond acceptors (Lipinski definition) is 3. The van der Waals surface area contributed by atoms with Gasteiger partial charge in [-0.1, -0.05) is 286 Å². The molecule has 538 valence electrons. The van der Waals surface area contributed by atoms with E-state index < -0.39 is 24.8 Å². The van der Waals surface area contributed by atoms with Crippen LogP contribution >= 0.6 is 0 Å². The Labute approximate surface area is 654 Å². The molecule has 2 aliphatic heterocycles. The van der Waals surface area contributed by atoms with E-state index in [1.807, 2.05) is 18.2 Å². The van der Waals surface area contributed by atoms with Gasteiger partial charge >= 0.3 is 0 Å². The van der Waals surface area contributed by atoms with E-state index in [0.29, 0.717) is 11.1 Å². The van der Waals surface area contributed by atoms with Gasteiger partial charge in [0.25, 0.3) is 6.71 Å². The van der Waals surface area contributed by atoms with E-state index in [2.05, 4.69) is 365 Å². The fourth-order valence-electron chi connectivity index (χ4n) is 17.6. The second-order valence-electron chi connectivity index (χ2n) is 35.8. The first-order chi connectivity index (χ1) is 54.8. The minimum atomic E-state index is -0.502. The van der Waals surface area contributed by atoms with Crippen molar-refractivity contribution >= 4 is 123 Å². The zero-order chi connectivity index (χ0) is 80.2. The topological polar surface area (TPSA) is 29.5 Å². The first-order valence-corrected chi connectivity index (χ1v) is 38.9. The fraction of sp³-hybridized carbons (Fsp3) is 0.192. The number of rotatable bonds is 8. The number of nitrogens with zero attached hydrogens (tertiary/aromatic N) is 4. The molecule has 0 fully saturated rings. The SMILES string of the molecule is [2H]c1c([2H])c([2H])c(-c2ccc3c(c2)N(c2c(-c4ccccc4)ccc4oc5ccccc5c24)c2cc(-n4c5ccc(C(C)(C)C)cc5c5cc(C(C)(C)C)ccc54)cc4c2B3c2ccc(-n3c5ccc(C(C)(C)C)cc5c5cc(C(C)(C)C)ccc53)cc2N4c2c(-c3ccccc3)cc(C(C)(C)C)cc2-c2ccccc2)c([2H])c1[2H]. The lowest BCUT2D eigenvalue weighted by atomic mass is 9.33. The van der Waals surface area contributed by atoms with E-state index in [-0.39, 0.29) is 44.7 Å². The number of anilines is 6. The number of aromatic nitrogens is 2. The van der Waals surface area contributed by atoms with Crippen molar-refractivity contribution in [2.24, 2.45) is 0 Å². The molecule has 3 aromatic heterocycles. The van der Waals surface area contributed by atoms with Crippen LogP contribution in [0.5, 0.6) is 0 Å². The number of fused-ring (bicyclic) bond motifs is 13. The molecule has 5 nitrogen and oxygen atoms in total. The maximum Gasteiger partial charge on any atom is 0.252 e. The van der Waals surface area contributed by atoms with Crippen LogP contribution in [-0.2, 0) is 27.1 Å². The Balaban J connectivity index is 1.05. The van der Waals surface area contributed by atoms with Crippen molar-refractivity contribution in [1.29, 1.82) is 0 Å². The normalized spacial score (nSPS) is 14.0. The highest BCUT2D eigenvalue weighted by Crippen LogP contribution is 2.56. The summed E-state index contributed by atoms with van der Waals surface area (Å²) < 4.78 is 59.1. The zero-order valence-electron chi connectivity index (χ0n) is 70.6. The van der Waals surface area contributed by atoms with Crippen LogP contribution in [0.3, 0.4) is 0 Å². The van der Waals surface area contributed by atoms with Crippen molar-refractivity contribution < 1.29 is 11.3 Å². The maximum atomic E-state index is 9.77. The molecule has 0 saturated carbocycles. The van der Waals surface area contributed by atoms with Crippen LogP contribution in [0.15, 0.2) is 295 Å². The van der Waals surface area contributed by atoms with Gasteiger partial charge in [-0.3, -0.25) is 0 Å². The van der Waals surface area contributed by atoms with Crippen LogP contribution in [0, 0.1) is 0 Å². The lowest BCUT2D eigenvalue weighted by molar-refractivity contribution is 0.590. The van der Waals surface area contributed by atoms with Crippen LogP contribution in [0.1, 0.15) is 139 Å². The van der Waals surface area contributed by atoms with Gasteiger partial charge in [0.05, 0.1) is 51.4 Å². The van der Waals surface area contributed by atoms with Gasteiger partial charge in [0.15, 0.2) is 0 Å². The summed E-state index contributed by atoms with van der Waals surface area (Å²) in [5.74, 6) is 0. The molecule has 17 aromatic rings. The Hall–Kier alpha value is -11.9. The molecule has 5 heterocycles. The summed E-state index contributed by atoms with van der Waals surface area (Å²) in [5.41, 5.74) is 28.4. The Morgan fingerprint density at radius 3 is 1.17 bits per heavy atom. The third-order valence-electron chi connectivity index (χ3n) is 23.5. The maximum absolute atomic E-state index is 9.77. The number of benzene rings is 14. The van der Waals surface area contributed by atoms with Crippen molar-refractivity contribution in [1.82, 2.24) is 9.13 Å². The van der Waals surface area contributed by atoms with Gasteiger partial charge in [-0.05, 0) is 208 Å². The van der Waals surface area contributed by atoms with Crippen molar-refractivity contribution in [3.63, 3.8) is 0 Å². The summed E-state index contributed by atoms with van der Waals surface area (Å²) >= 11 is 0. The van der Waals surface area contributed by atoms with Crippen molar-refractivity contribution in [3.05, 3.63) is 319 Å². The molecule has 0 N–H and O–H groups in total. The molecule has 19 rings (SSSR count). The highest BCUT2D eigenvalue weighted by molar-refractivity contribution is 7.00. The summed E-state index contributed by atoms with van der Waals surface area (Å²) in [6, 6.07) is 95.2. The Kier molecular flexibility index (Phi) is 14.2. The quantitative estimate of drug-likeness (QED) is 0.142. The van der Waals surface area contributed by atoms with E-state index in [4.69, 9.17) is 5.79 Å². The molecule has 14 aromatic carbocycles. The summed E-state index contributed by atoms with van der Waals surface area (Å²) in [5, 5.41) is 6.53. The van der Waals surface area contributed by atoms with E-state index in [1.54, 1.807) is 0 Å². The van der Waals surface area contributed by atoms with Crippen LogP contribution in [0.25, 0.3) is 121 Å². The predicted molar refractivity (Wildman–Crippen MR) is 472 cm³/mol. The van der Waals surface area contributed by atoms with Crippen molar-refractivity contribution in [3.8, 4) is 55.9 Å². The molecule has 0 radical (unpaired) electrons. The number of para-hydroxylation sites is 1. The average molecular weight is 1430 g/mol. The van der Waals surface area contributed by atoms with Gasteiger partial charge in [0.2, 0.25) is 0 Å². The molecule has 0 saturated heterocycles. The monoisotopic (exact) mass is 1430 g/mol. The van der Waals surface area contributed by atoms with Crippen LogP contribution < -0.4 is 26.2 Å². The second kappa shape index (κ2) is 24.8. The molecule has 0 atom stereocenters. The van der Waals surface area contributed by atoms with E-state index in [9.17, 15) is 5.48 Å². The molecule has 0 aliphatic carbocycles. The first-order valence-electron chi connectivity index (χ1n) is 41.4. The van der Waals surface area contributed by atoms with Crippen molar-refractivity contribution in [2.75, 3.05) is 9.80 Å². The summed E-state index contributed by atoms with van der Waals surface area (Å²) in [4.78, 5) is 5.12. The van der Waals surface area contributed by atoms with Gasteiger partial charge in [0.1, 0.15) is 11.2 Å². The molecular weight excluding hydrogens is 1330 g/mol. The fourth-order valence-corrected chi connectivity index (χ4v) is 17.6.